The van der Waals surface area contributed by atoms with Crippen LogP contribution in [0.5, 0.6) is 11.5 Å². The van der Waals surface area contributed by atoms with E-state index in [-0.39, 0.29) is 24.0 Å². The molecule has 0 fully saturated rings. The number of guanidine groups is 1. The third-order valence-corrected chi connectivity index (χ3v) is 5.68. The fourth-order valence-corrected chi connectivity index (χ4v) is 4.05. The standard InChI is InChI=1S/C22H31N5O2S.HI/c1-5-23-22(25-10-8-21-26-14-15(2)30-21)24-9-6-7-16-11-18-19(27-16)12-17(28-3)13-20(18)29-4;/h11-14,27H,5-10H2,1-4H3,(H2,23,24,25);1H. The highest BCUT2D eigenvalue weighted by Gasteiger charge is 2.09. The molecule has 170 valence electrons. The zero-order valence-corrected chi connectivity index (χ0v) is 21.7. The van der Waals surface area contributed by atoms with E-state index in [1.54, 1.807) is 25.6 Å². The van der Waals surface area contributed by atoms with Gasteiger partial charge in [-0.2, -0.15) is 0 Å². The number of ether oxygens (including phenoxy) is 2. The number of aryl methyl sites for hydroxylation is 2. The number of fused-ring (bicyclic) bond motifs is 1. The van der Waals surface area contributed by atoms with Gasteiger partial charge in [-0.3, -0.25) is 4.99 Å². The molecule has 0 bridgehead atoms. The number of aromatic amines is 1. The van der Waals surface area contributed by atoms with Crippen molar-refractivity contribution < 1.29 is 9.47 Å². The van der Waals surface area contributed by atoms with Gasteiger partial charge in [0.05, 0.1) is 24.7 Å². The number of hydrogen-bond acceptors (Lipinski definition) is 5. The Kier molecular flexibility index (Phi) is 10.4. The van der Waals surface area contributed by atoms with Gasteiger partial charge < -0.3 is 25.1 Å². The molecule has 0 radical (unpaired) electrons. The number of nitrogens with one attached hydrogen (secondary N) is 3. The lowest BCUT2D eigenvalue weighted by Crippen LogP contribution is -2.38. The second kappa shape index (κ2) is 12.7. The number of halogens is 1. The van der Waals surface area contributed by atoms with Crippen LogP contribution in [0.4, 0.5) is 0 Å². The van der Waals surface area contributed by atoms with E-state index in [1.807, 2.05) is 18.3 Å². The van der Waals surface area contributed by atoms with Crippen molar-refractivity contribution in [1.82, 2.24) is 20.6 Å². The molecule has 0 aliphatic rings. The van der Waals surface area contributed by atoms with Crippen molar-refractivity contribution in [3.05, 3.63) is 40.0 Å². The molecular weight excluding hydrogens is 525 g/mol. The van der Waals surface area contributed by atoms with Crippen LogP contribution >= 0.6 is 35.3 Å². The van der Waals surface area contributed by atoms with Crippen LogP contribution in [0.25, 0.3) is 10.9 Å². The van der Waals surface area contributed by atoms with Gasteiger partial charge in [0.2, 0.25) is 0 Å². The quantitative estimate of drug-likeness (QED) is 0.150. The summed E-state index contributed by atoms with van der Waals surface area (Å²) in [5.74, 6) is 2.46. The van der Waals surface area contributed by atoms with Crippen molar-refractivity contribution in [3.8, 4) is 11.5 Å². The van der Waals surface area contributed by atoms with Gasteiger partial charge in [0, 0.05) is 60.3 Å². The third-order valence-electron chi connectivity index (χ3n) is 4.70. The van der Waals surface area contributed by atoms with Crippen LogP contribution in [-0.2, 0) is 12.8 Å². The normalized spacial score (nSPS) is 11.3. The Hall–Kier alpha value is -2.01. The maximum atomic E-state index is 5.50. The Morgan fingerprint density at radius 2 is 2.00 bits per heavy atom. The van der Waals surface area contributed by atoms with Gasteiger partial charge in [0.15, 0.2) is 5.96 Å². The van der Waals surface area contributed by atoms with Crippen molar-refractivity contribution >= 4 is 52.2 Å². The molecule has 7 nitrogen and oxygen atoms in total. The van der Waals surface area contributed by atoms with Crippen LogP contribution in [0.3, 0.4) is 0 Å². The number of rotatable bonds is 10. The van der Waals surface area contributed by atoms with Crippen LogP contribution < -0.4 is 20.1 Å². The minimum absolute atomic E-state index is 0. The molecule has 0 saturated carbocycles. The van der Waals surface area contributed by atoms with Crippen LogP contribution in [0.2, 0.25) is 0 Å². The van der Waals surface area contributed by atoms with E-state index in [4.69, 9.17) is 14.5 Å². The number of aliphatic imine (C=N–C) groups is 1. The van der Waals surface area contributed by atoms with Gasteiger partial charge >= 0.3 is 0 Å². The summed E-state index contributed by atoms with van der Waals surface area (Å²) >= 11 is 1.75. The predicted octanol–water partition coefficient (Wildman–Crippen LogP) is 4.30. The molecule has 2 aromatic heterocycles. The fraction of sp³-hybridized carbons (Fsp3) is 0.455. The summed E-state index contributed by atoms with van der Waals surface area (Å²) < 4.78 is 10.8. The van der Waals surface area contributed by atoms with Crippen molar-refractivity contribution in [1.29, 1.82) is 0 Å². The molecule has 0 atom stereocenters. The minimum Gasteiger partial charge on any atom is -0.497 e. The topological polar surface area (TPSA) is 83.6 Å². The summed E-state index contributed by atoms with van der Waals surface area (Å²) in [6.07, 6.45) is 4.70. The smallest absolute Gasteiger partial charge is 0.191 e. The van der Waals surface area contributed by atoms with Gasteiger partial charge in [0.25, 0.3) is 0 Å². The molecular formula is C22H32IN5O2S. The second-order valence-corrected chi connectivity index (χ2v) is 8.31. The monoisotopic (exact) mass is 557 g/mol. The van der Waals surface area contributed by atoms with Gasteiger partial charge in [-0.1, -0.05) is 0 Å². The number of benzene rings is 1. The van der Waals surface area contributed by atoms with E-state index in [0.717, 1.165) is 72.3 Å². The van der Waals surface area contributed by atoms with E-state index in [9.17, 15) is 0 Å². The second-order valence-electron chi connectivity index (χ2n) is 6.99. The van der Waals surface area contributed by atoms with Gasteiger partial charge in [0.1, 0.15) is 11.5 Å². The molecule has 3 rings (SSSR count). The molecule has 3 aromatic rings. The van der Waals surface area contributed by atoms with Gasteiger partial charge in [-0.25, -0.2) is 4.98 Å². The van der Waals surface area contributed by atoms with E-state index < -0.39 is 0 Å². The van der Waals surface area contributed by atoms with Gasteiger partial charge in [-0.15, -0.1) is 35.3 Å². The van der Waals surface area contributed by atoms with Crippen LogP contribution in [0.1, 0.15) is 28.9 Å². The number of aromatic nitrogens is 2. The minimum atomic E-state index is 0. The molecule has 0 aliphatic heterocycles. The third kappa shape index (κ3) is 7.27. The van der Waals surface area contributed by atoms with E-state index in [1.165, 1.54) is 10.6 Å². The van der Waals surface area contributed by atoms with Crippen LogP contribution in [0, 0.1) is 6.92 Å². The predicted molar refractivity (Wildman–Crippen MR) is 140 cm³/mol. The first kappa shape index (κ1) is 25.3. The zero-order valence-electron chi connectivity index (χ0n) is 18.6. The summed E-state index contributed by atoms with van der Waals surface area (Å²) in [6.45, 7) is 6.57. The van der Waals surface area contributed by atoms with Crippen molar-refractivity contribution in [2.24, 2.45) is 4.99 Å². The summed E-state index contributed by atoms with van der Waals surface area (Å²) in [7, 11) is 3.34. The average Bonchev–Trinajstić information content (AvgIpc) is 3.35. The molecule has 3 N–H and O–H groups in total. The largest absolute Gasteiger partial charge is 0.497 e. The highest BCUT2D eigenvalue weighted by molar-refractivity contribution is 14.0. The molecule has 1 aromatic carbocycles. The molecule has 0 spiro atoms. The Labute approximate surface area is 205 Å². The van der Waals surface area contributed by atoms with E-state index in [0.29, 0.717) is 0 Å². The lowest BCUT2D eigenvalue weighted by molar-refractivity contribution is 0.398. The highest BCUT2D eigenvalue weighted by atomic mass is 127. The number of methoxy groups -OCH3 is 2. The van der Waals surface area contributed by atoms with E-state index in [2.05, 4.69) is 40.5 Å². The van der Waals surface area contributed by atoms with Crippen LogP contribution in [0.15, 0.2) is 29.4 Å². The maximum Gasteiger partial charge on any atom is 0.191 e. The fourth-order valence-electron chi connectivity index (χ4n) is 3.27. The maximum absolute atomic E-state index is 5.50. The molecule has 0 unspecified atom stereocenters. The summed E-state index contributed by atoms with van der Waals surface area (Å²) in [6, 6.07) is 6.05. The number of H-pyrrole nitrogens is 1. The highest BCUT2D eigenvalue weighted by Crippen LogP contribution is 2.31. The van der Waals surface area contributed by atoms with Crippen molar-refractivity contribution in [3.63, 3.8) is 0 Å². The number of hydrogen-bond donors (Lipinski definition) is 3. The Bertz CT molecular complexity index is 986. The molecule has 0 saturated heterocycles. The number of nitrogens with zero attached hydrogens (tertiary/aromatic N) is 2. The molecule has 31 heavy (non-hydrogen) atoms. The lowest BCUT2D eigenvalue weighted by atomic mass is 10.2. The molecule has 0 aliphatic carbocycles. The average molecular weight is 558 g/mol. The summed E-state index contributed by atoms with van der Waals surface area (Å²) in [4.78, 5) is 13.8. The van der Waals surface area contributed by atoms with Crippen LogP contribution in [-0.4, -0.2) is 49.8 Å². The zero-order chi connectivity index (χ0) is 21.3. The van der Waals surface area contributed by atoms with Crippen molar-refractivity contribution in [2.75, 3.05) is 33.9 Å². The molecule has 0 amide bonds. The summed E-state index contributed by atoms with van der Waals surface area (Å²) in [5, 5.41) is 8.93. The molecule has 2 heterocycles. The van der Waals surface area contributed by atoms with Gasteiger partial charge in [-0.05, 0) is 32.8 Å². The lowest BCUT2D eigenvalue weighted by Gasteiger charge is -2.10. The first-order chi connectivity index (χ1) is 14.6. The Morgan fingerprint density at radius 3 is 2.68 bits per heavy atom. The van der Waals surface area contributed by atoms with E-state index >= 15 is 0 Å². The number of thiazole rings is 1. The molecule has 9 heteroatoms. The first-order valence-corrected chi connectivity index (χ1v) is 11.1. The Morgan fingerprint density at radius 1 is 1.16 bits per heavy atom. The van der Waals surface area contributed by atoms with Crippen molar-refractivity contribution in [2.45, 2.75) is 33.1 Å². The SMILES string of the molecule is CCNC(=NCCCc1cc2c(OC)cc(OC)cc2[nH]1)NCCc1ncc(C)s1.I. The Balaban J connectivity index is 0.00000341. The first-order valence-electron chi connectivity index (χ1n) is 10.3. The summed E-state index contributed by atoms with van der Waals surface area (Å²) in [5.41, 5.74) is 2.20.